The van der Waals surface area contributed by atoms with Crippen LogP contribution in [-0.4, -0.2) is 65.6 Å². The highest BCUT2D eigenvalue weighted by atomic mass is 15.5. The molecule has 17 nitrogen and oxygen atoms in total. The van der Waals surface area contributed by atoms with Crippen molar-refractivity contribution in [1.29, 1.82) is 5.41 Å². The third-order valence-electron chi connectivity index (χ3n) is 3.89. The van der Waals surface area contributed by atoms with Gasteiger partial charge in [-0.3, -0.25) is 15.4 Å². The number of nitrogens with zero attached hydrogens (tertiary/aromatic N) is 8. The van der Waals surface area contributed by atoms with Crippen molar-refractivity contribution in [2.75, 3.05) is 14.1 Å². The van der Waals surface area contributed by atoms with Gasteiger partial charge in [-0.25, -0.2) is 19.8 Å². The lowest BCUT2D eigenvalue weighted by atomic mass is 10.2. The van der Waals surface area contributed by atoms with Crippen molar-refractivity contribution in [3.05, 3.63) is 53.6 Å². The summed E-state index contributed by atoms with van der Waals surface area (Å²) in [7, 11) is 2.75. The number of aliphatic imine (C=N–C) groups is 6. The third kappa shape index (κ3) is 8.75. The van der Waals surface area contributed by atoms with E-state index >= 15 is 0 Å². The summed E-state index contributed by atoms with van der Waals surface area (Å²) in [5.41, 5.74) is 49.5. The van der Waals surface area contributed by atoms with Gasteiger partial charge in [0.25, 0.3) is 0 Å². The van der Waals surface area contributed by atoms with Gasteiger partial charge < -0.3 is 45.9 Å². The maximum absolute atomic E-state index is 8.06. The molecule has 0 unspecified atom stereocenters. The summed E-state index contributed by atoms with van der Waals surface area (Å²) >= 11 is 0. The molecule has 0 atom stereocenters. The van der Waals surface area contributed by atoms with Crippen LogP contribution in [0, 0.1) is 5.41 Å². The standard InChI is InChI=1S/C19H31N17/c1-29-16(26)34-19(36(15(24)25)17(27)30-2)35(12(33-14(22)23)8-9-31-13(20)21)18(28)32-10-11-6-4-3-5-7-11/h3-7,9H,10H2,1-2H3,(H3,24,25)(H2,26,29)(H2,27,30)(H2,28,32)(H4,20,21,31)(H4,22,23,33). The fraction of sp³-hybridized carbons (Fsp3) is 0.158. The van der Waals surface area contributed by atoms with E-state index in [1.54, 1.807) is 0 Å². The highest BCUT2D eigenvalue weighted by molar-refractivity contribution is 6.18. The van der Waals surface area contributed by atoms with E-state index in [1.807, 2.05) is 30.3 Å². The minimum absolute atomic E-state index is 0.137. The van der Waals surface area contributed by atoms with Gasteiger partial charge in [0.05, 0.1) is 12.7 Å². The Kier molecular flexibility index (Phi) is 11.0. The summed E-state index contributed by atoms with van der Waals surface area (Å²) < 4.78 is 0. The number of guanidine groups is 7. The van der Waals surface area contributed by atoms with Gasteiger partial charge in [-0.05, 0) is 5.56 Å². The number of nitrogens with two attached hydrogens (primary N) is 8. The number of hydrogen-bond donors (Lipinski definition) is 9. The molecule has 0 saturated carbocycles. The summed E-state index contributed by atoms with van der Waals surface area (Å²) in [5.74, 6) is -2.57. The highest BCUT2D eigenvalue weighted by Gasteiger charge is 2.30. The zero-order valence-electron chi connectivity index (χ0n) is 19.9. The van der Waals surface area contributed by atoms with E-state index in [0.717, 1.165) is 21.6 Å². The zero-order chi connectivity index (χ0) is 27.3. The number of rotatable bonds is 5. The first-order chi connectivity index (χ1) is 17.0. The molecule has 0 saturated heterocycles. The van der Waals surface area contributed by atoms with Crippen LogP contribution in [0.1, 0.15) is 5.56 Å². The Labute approximate surface area is 207 Å². The van der Waals surface area contributed by atoms with E-state index in [4.69, 9.17) is 51.3 Å². The number of nitrogens with one attached hydrogen (secondary N) is 1. The minimum atomic E-state index is -0.612. The van der Waals surface area contributed by atoms with Crippen molar-refractivity contribution in [2.45, 2.75) is 6.54 Å². The predicted octanol–water partition coefficient (Wildman–Crippen LogP) is -3.26. The van der Waals surface area contributed by atoms with Crippen molar-refractivity contribution >= 4 is 41.7 Å². The lowest BCUT2D eigenvalue weighted by molar-refractivity contribution is 0.637. The van der Waals surface area contributed by atoms with Gasteiger partial charge in [0.1, 0.15) is 0 Å². The third-order valence-corrected chi connectivity index (χ3v) is 3.89. The monoisotopic (exact) mass is 497 g/mol. The van der Waals surface area contributed by atoms with E-state index in [9.17, 15) is 0 Å². The van der Waals surface area contributed by atoms with Crippen LogP contribution < -0.4 is 45.9 Å². The molecule has 17 heteroatoms. The fourth-order valence-corrected chi connectivity index (χ4v) is 2.35. The Morgan fingerprint density at radius 2 is 1.50 bits per heavy atom. The molecule has 1 aromatic carbocycles. The van der Waals surface area contributed by atoms with Crippen LogP contribution in [0.2, 0.25) is 0 Å². The molecule has 0 aromatic heterocycles. The normalized spacial score (nSPS) is 12.2. The van der Waals surface area contributed by atoms with Crippen molar-refractivity contribution in [1.82, 2.24) is 9.80 Å². The Morgan fingerprint density at radius 1 is 0.861 bits per heavy atom. The van der Waals surface area contributed by atoms with Gasteiger partial charge in [-0.15, -0.1) is 0 Å². The predicted molar refractivity (Wildman–Crippen MR) is 143 cm³/mol. The van der Waals surface area contributed by atoms with Gasteiger partial charge in [-0.2, -0.15) is 9.98 Å². The van der Waals surface area contributed by atoms with Gasteiger partial charge in [-0.1, -0.05) is 36.1 Å². The Hall–Kier alpha value is -5.57. The van der Waals surface area contributed by atoms with Crippen LogP contribution >= 0.6 is 0 Å². The Morgan fingerprint density at radius 3 is 2.00 bits per heavy atom. The smallest absolute Gasteiger partial charge is 0.232 e. The molecular formula is C19H31N17. The number of hydrogen-bond acceptors (Lipinski definition) is 6. The Bertz CT molecular complexity index is 1160. The SMILES string of the molecule is CN=C(N)N=C(N(C(=N)N)C(N)=NC)N(C(=C=CN=C(N)N)N=C(N)N)C(N)=NCc1ccccc1. The molecule has 0 heterocycles. The lowest BCUT2D eigenvalue weighted by Crippen LogP contribution is -2.57. The molecule has 17 N–H and O–H groups in total. The molecule has 0 aliphatic rings. The Balaban J connectivity index is 4.04. The van der Waals surface area contributed by atoms with Gasteiger partial charge >= 0.3 is 0 Å². The van der Waals surface area contributed by atoms with Gasteiger partial charge in [0, 0.05) is 14.1 Å². The maximum Gasteiger partial charge on any atom is 0.232 e. The van der Waals surface area contributed by atoms with Crippen LogP contribution in [0.25, 0.3) is 0 Å². The molecule has 0 bridgehead atoms. The van der Waals surface area contributed by atoms with Crippen LogP contribution in [0.15, 0.2) is 78.0 Å². The van der Waals surface area contributed by atoms with Crippen LogP contribution in [0.3, 0.4) is 0 Å². The maximum atomic E-state index is 8.06. The zero-order valence-corrected chi connectivity index (χ0v) is 19.9. The molecule has 0 amide bonds. The fourth-order valence-electron chi connectivity index (χ4n) is 2.35. The summed E-state index contributed by atoms with van der Waals surface area (Å²) in [6, 6.07) is 9.21. The second-order valence-electron chi connectivity index (χ2n) is 6.48. The van der Waals surface area contributed by atoms with Crippen molar-refractivity contribution in [3.8, 4) is 0 Å². The first-order valence-corrected chi connectivity index (χ1v) is 9.96. The molecule has 0 aliphatic heterocycles. The lowest BCUT2D eigenvalue weighted by Gasteiger charge is -2.31. The number of benzene rings is 1. The van der Waals surface area contributed by atoms with E-state index < -0.39 is 11.9 Å². The molecule has 0 radical (unpaired) electrons. The molecule has 0 spiro atoms. The van der Waals surface area contributed by atoms with E-state index in [1.165, 1.54) is 14.1 Å². The quantitative estimate of drug-likeness (QED) is 0.111. The first kappa shape index (κ1) is 28.5. The van der Waals surface area contributed by atoms with Crippen LogP contribution in [0.5, 0.6) is 0 Å². The van der Waals surface area contributed by atoms with E-state index in [0.29, 0.717) is 0 Å². The van der Waals surface area contributed by atoms with Crippen LogP contribution in [0.4, 0.5) is 0 Å². The second kappa shape index (κ2) is 13.9. The molecular weight excluding hydrogens is 466 g/mol. The highest BCUT2D eigenvalue weighted by Crippen LogP contribution is 2.12. The first-order valence-electron chi connectivity index (χ1n) is 9.96. The van der Waals surface area contributed by atoms with Gasteiger partial charge in [0.15, 0.2) is 17.7 Å². The summed E-state index contributed by atoms with van der Waals surface area (Å²) in [4.78, 5) is 25.9. The van der Waals surface area contributed by atoms with E-state index in [-0.39, 0.29) is 42.2 Å². The largest absolute Gasteiger partial charge is 0.370 e. The van der Waals surface area contributed by atoms with Crippen LogP contribution in [-0.2, 0) is 6.54 Å². The summed E-state index contributed by atoms with van der Waals surface area (Å²) in [5, 5.41) is 8.06. The van der Waals surface area contributed by atoms with Crippen molar-refractivity contribution in [3.63, 3.8) is 0 Å². The average Bonchev–Trinajstić information content (AvgIpc) is 2.82. The average molecular weight is 498 g/mol. The molecule has 0 fully saturated rings. The molecule has 1 aromatic rings. The van der Waals surface area contributed by atoms with E-state index in [2.05, 4.69) is 35.7 Å². The summed E-state index contributed by atoms with van der Waals surface area (Å²) in [6.45, 7) is 0.137. The van der Waals surface area contributed by atoms with Crippen molar-refractivity contribution < 1.29 is 0 Å². The van der Waals surface area contributed by atoms with Gasteiger partial charge in [0.2, 0.25) is 29.8 Å². The second-order valence-corrected chi connectivity index (χ2v) is 6.48. The minimum Gasteiger partial charge on any atom is -0.370 e. The van der Waals surface area contributed by atoms with Crippen molar-refractivity contribution in [2.24, 2.45) is 75.8 Å². The molecule has 0 aliphatic carbocycles. The topological polar surface area (TPSA) is 313 Å². The summed E-state index contributed by atoms with van der Waals surface area (Å²) in [6.07, 6.45) is 1.07. The molecule has 1 rings (SSSR count). The molecule has 36 heavy (non-hydrogen) atoms. The molecule has 192 valence electrons.